The van der Waals surface area contributed by atoms with Crippen molar-refractivity contribution in [1.82, 2.24) is 4.98 Å². The van der Waals surface area contributed by atoms with Crippen molar-refractivity contribution < 1.29 is 5.11 Å². The normalized spacial score (nSPS) is 19.1. The number of aromatic nitrogens is 1. The zero-order valence-electron chi connectivity index (χ0n) is 9.19. The van der Waals surface area contributed by atoms with Crippen LogP contribution in [0.3, 0.4) is 0 Å². The summed E-state index contributed by atoms with van der Waals surface area (Å²) in [5.41, 5.74) is 0.464. The van der Waals surface area contributed by atoms with Crippen molar-refractivity contribution in [1.29, 1.82) is 0 Å². The Morgan fingerprint density at radius 3 is 2.75 bits per heavy atom. The Morgan fingerprint density at radius 2 is 1.94 bits per heavy atom. The van der Waals surface area contributed by atoms with Crippen molar-refractivity contribution >= 4 is 10.8 Å². The Balaban J connectivity index is 2.23. The smallest absolute Gasteiger partial charge is 0.0902 e. The molecule has 0 bridgehead atoms. The monoisotopic (exact) mass is 213 g/mol. The van der Waals surface area contributed by atoms with Crippen LogP contribution in [0.1, 0.15) is 31.2 Å². The van der Waals surface area contributed by atoms with E-state index in [4.69, 9.17) is 0 Å². The summed E-state index contributed by atoms with van der Waals surface area (Å²) in [4.78, 5) is 4.12. The SMILES string of the molecule is OC1(c2cccc3cnccc23)CCCC1. The van der Waals surface area contributed by atoms with E-state index in [0.29, 0.717) is 0 Å². The van der Waals surface area contributed by atoms with Crippen molar-refractivity contribution in [2.24, 2.45) is 0 Å². The zero-order chi connectivity index (χ0) is 11.0. The fourth-order valence-corrected chi connectivity index (χ4v) is 2.76. The number of hydrogen-bond acceptors (Lipinski definition) is 2. The second-order valence-electron chi connectivity index (χ2n) is 4.64. The van der Waals surface area contributed by atoms with E-state index in [-0.39, 0.29) is 0 Å². The van der Waals surface area contributed by atoms with Gasteiger partial charge in [0.05, 0.1) is 5.60 Å². The second-order valence-corrected chi connectivity index (χ2v) is 4.64. The van der Waals surface area contributed by atoms with E-state index in [9.17, 15) is 5.11 Å². The summed E-state index contributed by atoms with van der Waals surface area (Å²) in [7, 11) is 0. The van der Waals surface area contributed by atoms with Crippen LogP contribution in [0.4, 0.5) is 0 Å². The lowest BCUT2D eigenvalue weighted by Gasteiger charge is -2.24. The number of rotatable bonds is 1. The van der Waals surface area contributed by atoms with E-state index < -0.39 is 5.60 Å². The lowest BCUT2D eigenvalue weighted by Crippen LogP contribution is -2.21. The maximum Gasteiger partial charge on any atom is 0.0902 e. The lowest BCUT2D eigenvalue weighted by atomic mass is 9.89. The molecule has 0 radical (unpaired) electrons. The molecule has 2 heteroatoms. The Morgan fingerprint density at radius 1 is 1.12 bits per heavy atom. The van der Waals surface area contributed by atoms with Gasteiger partial charge in [-0.15, -0.1) is 0 Å². The molecular formula is C14H15NO. The molecule has 1 aromatic heterocycles. The molecule has 82 valence electrons. The molecule has 0 atom stereocenters. The first-order chi connectivity index (χ1) is 7.80. The van der Waals surface area contributed by atoms with Crippen molar-refractivity contribution in [2.45, 2.75) is 31.3 Å². The maximum atomic E-state index is 10.6. The van der Waals surface area contributed by atoms with Crippen molar-refractivity contribution in [3.05, 3.63) is 42.2 Å². The Labute approximate surface area is 94.9 Å². The predicted octanol–water partition coefficient (Wildman–Crippen LogP) is 3.00. The molecule has 1 aliphatic rings. The fourth-order valence-electron chi connectivity index (χ4n) is 2.76. The molecule has 0 unspecified atom stereocenters. The topological polar surface area (TPSA) is 33.1 Å². The van der Waals surface area contributed by atoms with Crippen LogP contribution >= 0.6 is 0 Å². The molecule has 0 amide bonds. The van der Waals surface area contributed by atoms with Gasteiger partial charge in [-0.25, -0.2) is 0 Å². The molecule has 2 nitrogen and oxygen atoms in total. The van der Waals surface area contributed by atoms with Gasteiger partial charge < -0.3 is 5.11 Å². The van der Waals surface area contributed by atoms with E-state index >= 15 is 0 Å². The van der Waals surface area contributed by atoms with Gasteiger partial charge in [-0.1, -0.05) is 31.0 Å². The largest absolute Gasteiger partial charge is 0.385 e. The fraction of sp³-hybridized carbons (Fsp3) is 0.357. The summed E-state index contributed by atoms with van der Waals surface area (Å²) in [6.07, 6.45) is 7.67. The molecule has 1 aromatic carbocycles. The summed E-state index contributed by atoms with van der Waals surface area (Å²) >= 11 is 0. The summed E-state index contributed by atoms with van der Waals surface area (Å²) in [6.45, 7) is 0. The number of benzene rings is 1. The summed E-state index contributed by atoms with van der Waals surface area (Å²) < 4.78 is 0. The molecular weight excluding hydrogens is 198 g/mol. The molecule has 0 aliphatic heterocycles. The summed E-state index contributed by atoms with van der Waals surface area (Å²) in [5.74, 6) is 0. The molecule has 3 rings (SSSR count). The molecule has 0 saturated heterocycles. The molecule has 2 aromatic rings. The second kappa shape index (κ2) is 3.56. The Bertz CT molecular complexity index is 510. The summed E-state index contributed by atoms with van der Waals surface area (Å²) in [5, 5.41) is 12.9. The van der Waals surface area contributed by atoms with Crippen molar-refractivity contribution in [3.8, 4) is 0 Å². The highest BCUT2D eigenvalue weighted by atomic mass is 16.3. The van der Waals surface area contributed by atoms with E-state index in [2.05, 4.69) is 4.98 Å². The molecule has 1 fully saturated rings. The number of fused-ring (bicyclic) bond motifs is 1. The van der Waals surface area contributed by atoms with Gasteiger partial charge in [-0.2, -0.15) is 0 Å². The third kappa shape index (κ3) is 1.41. The molecule has 1 aliphatic carbocycles. The van der Waals surface area contributed by atoms with E-state index in [1.807, 2.05) is 30.5 Å². The van der Waals surface area contributed by atoms with E-state index in [1.165, 1.54) is 0 Å². The standard InChI is InChI=1S/C14H15NO/c16-14(7-1-2-8-14)13-5-3-4-11-10-15-9-6-12(11)13/h3-6,9-10,16H,1-2,7-8H2. The minimum atomic E-state index is -0.610. The van der Waals surface area contributed by atoms with Gasteiger partial charge in [0.25, 0.3) is 0 Å². The van der Waals surface area contributed by atoms with Crippen molar-refractivity contribution in [2.75, 3.05) is 0 Å². The van der Waals surface area contributed by atoms with Crippen molar-refractivity contribution in [3.63, 3.8) is 0 Å². The van der Waals surface area contributed by atoms with Crippen LogP contribution in [-0.4, -0.2) is 10.1 Å². The van der Waals surface area contributed by atoms with Gasteiger partial charge in [0, 0.05) is 17.8 Å². The maximum absolute atomic E-state index is 10.6. The molecule has 16 heavy (non-hydrogen) atoms. The van der Waals surface area contributed by atoms with Crippen LogP contribution in [0.5, 0.6) is 0 Å². The average molecular weight is 213 g/mol. The highest BCUT2D eigenvalue weighted by Gasteiger charge is 2.33. The minimum Gasteiger partial charge on any atom is -0.385 e. The zero-order valence-corrected chi connectivity index (χ0v) is 9.19. The van der Waals surface area contributed by atoms with E-state index in [1.54, 1.807) is 6.20 Å². The molecule has 1 N–H and O–H groups in total. The van der Waals surface area contributed by atoms with Crippen LogP contribution in [0, 0.1) is 0 Å². The molecule has 1 saturated carbocycles. The third-order valence-electron chi connectivity index (χ3n) is 3.61. The molecule has 0 spiro atoms. The predicted molar refractivity (Wildman–Crippen MR) is 64.1 cm³/mol. The highest BCUT2D eigenvalue weighted by molar-refractivity contribution is 5.85. The van der Waals surface area contributed by atoms with E-state index in [0.717, 1.165) is 42.0 Å². The van der Waals surface area contributed by atoms with Crippen LogP contribution < -0.4 is 0 Å². The number of aliphatic hydroxyl groups is 1. The average Bonchev–Trinajstić information content (AvgIpc) is 2.77. The Kier molecular flexibility index (Phi) is 2.18. The number of hydrogen-bond donors (Lipinski definition) is 1. The van der Waals surface area contributed by atoms with Gasteiger partial charge in [-0.3, -0.25) is 4.98 Å². The lowest BCUT2D eigenvalue weighted by molar-refractivity contribution is 0.0460. The Hall–Kier alpha value is -1.41. The van der Waals surface area contributed by atoms with Gasteiger partial charge in [0.15, 0.2) is 0 Å². The minimum absolute atomic E-state index is 0.610. The first-order valence-corrected chi connectivity index (χ1v) is 5.85. The van der Waals surface area contributed by atoms with Gasteiger partial charge in [0.1, 0.15) is 0 Å². The highest BCUT2D eigenvalue weighted by Crippen LogP contribution is 2.41. The quantitative estimate of drug-likeness (QED) is 0.790. The number of pyridine rings is 1. The number of nitrogens with zero attached hydrogens (tertiary/aromatic N) is 1. The first kappa shape index (κ1) is 9.79. The van der Waals surface area contributed by atoms with Gasteiger partial charge >= 0.3 is 0 Å². The van der Waals surface area contributed by atoms with Gasteiger partial charge in [-0.05, 0) is 29.9 Å². The van der Waals surface area contributed by atoms with Crippen LogP contribution in [0.25, 0.3) is 10.8 Å². The molecule has 1 heterocycles. The van der Waals surface area contributed by atoms with Crippen LogP contribution in [-0.2, 0) is 5.60 Å². The van der Waals surface area contributed by atoms with Gasteiger partial charge in [0.2, 0.25) is 0 Å². The van der Waals surface area contributed by atoms with Crippen LogP contribution in [0.2, 0.25) is 0 Å². The first-order valence-electron chi connectivity index (χ1n) is 5.85. The summed E-state index contributed by atoms with van der Waals surface area (Å²) in [6, 6.07) is 8.11. The third-order valence-corrected chi connectivity index (χ3v) is 3.61. The van der Waals surface area contributed by atoms with Crippen LogP contribution in [0.15, 0.2) is 36.7 Å².